The lowest BCUT2D eigenvalue weighted by Gasteiger charge is -2.37. The number of hydrogen-bond acceptors (Lipinski definition) is 4. The molecule has 0 unspecified atom stereocenters. The Morgan fingerprint density at radius 2 is 1.65 bits per heavy atom. The van der Waals surface area contributed by atoms with Crippen LogP contribution in [-0.4, -0.2) is 17.8 Å². The Morgan fingerprint density at radius 1 is 1.04 bits per heavy atom. The molecule has 0 radical (unpaired) electrons. The summed E-state index contributed by atoms with van der Waals surface area (Å²) in [6.45, 7) is 0. The molecule has 1 aromatic rings. The first-order valence-electron chi connectivity index (χ1n) is 7.95. The van der Waals surface area contributed by atoms with Crippen molar-refractivity contribution in [2.75, 3.05) is 4.90 Å². The van der Waals surface area contributed by atoms with Crippen LogP contribution in [0.5, 0.6) is 0 Å². The topological polar surface area (TPSA) is 77.5 Å². The van der Waals surface area contributed by atoms with E-state index in [1.54, 1.807) is 6.07 Å². The normalized spacial score (nSPS) is 39.4. The molecule has 6 rings (SSSR count). The molecule has 5 heteroatoms. The number of carboxylic acid groups (broad SMARTS) is 1. The summed E-state index contributed by atoms with van der Waals surface area (Å²) in [6, 6.07) is 5.89. The van der Waals surface area contributed by atoms with Crippen LogP contribution in [0.3, 0.4) is 0 Å². The maximum atomic E-state index is 12.9. The van der Waals surface area contributed by atoms with Crippen LogP contribution in [0.2, 0.25) is 0 Å². The average Bonchev–Trinajstić information content (AvgIpc) is 3.32. The molecule has 5 nitrogen and oxygen atoms in total. The molecule has 1 aliphatic heterocycles. The largest absolute Gasteiger partial charge is 0.545 e. The summed E-state index contributed by atoms with van der Waals surface area (Å²) >= 11 is 0. The summed E-state index contributed by atoms with van der Waals surface area (Å²) in [5.74, 6) is -0.774. The van der Waals surface area contributed by atoms with Crippen molar-refractivity contribution < 1.29 is 19.5 Å². The molecule has 2 bridgehead atoms. The summed E-state index contributed by atoms with van der Waals surface area (Å²) in [4.78, 5) is 38.0. The Labute approximate surface area is 132 Å². The van der Waals surface area contributed by atoms with Crippen LogP contribution < -0.4 is 10.0 Å². The lowest BCUT2D eigenvalue weighted by molar-refractivity contribution is -0.255. The van der Waals surface area contributed by atoms with Crippen LogP contribution >= 0.6 is 0 Å². The fourth-order valence-electron chi connectivity index (χ4n) is 4.98. The highest BCUT2D eigenvalue weighted by atomic mass is 16.4. The van der Waals surface area contributed by atoms with Gasteiger partial charge in [0.2, 0.25) is 11.8 Å². The zero-order valence-corrected chi connectivity index (χ0v) is 12.2. The van der Waals surface area contributed by atoms with Gasteiger partial charge >= 0.3 is 0 Å². The van der Waals surface area contributed by atoms with Crippen LogP contribution in [0.25, 0.3) is 0 Å². The van der Waals surface area contributed by atoms with E-state index in [4.69, 9.17) is 0 Å². The second-order valence-corrected chi connectivity index (χ2v) is 7.00. The van der Waals surface area contributed by atoms with E-state index >= 15 is 0 Å². The van der Waals surface area contributed by atoms with E-state index in [1.807, 2.05) is 0 Å². The molecule has 0 spiro atoms. The molecule has 0 N–H and O–H groups in total. The van der Waals surface area contributed by atoms with Crippen LogP contribution in [-0.2, 0) is 9.59 Å². The van der Waals surface area contributed by atoms with Crippen molar-refractivity contribution in [3.63, 3.8) is 0 Å². The number of nitrogens with zero attached hydrogens (tertiary/aromatic N) is 1. The third kappa shape index (κ3) is 1.54. The number of anilines is 1. The molecule has 2 saturated carbocycles. The number of imide groups is 1. The number of rotatable bonds is 2. The zero-order chi connectivity index (χ0) is 15.9. The van der Waals surface area contributed by atoms with Gasteiger partial charge in [-0.05, 0) is 47.8 Å². The lowest BCUT2D eigenvalue weighted by Crippen LogP contribution is -2.40. The van der Waals surface area contributed by atoms with Gasteiger partial charge < -0.3 is 9.90 Å². The predicted molar refractivity (Wildman–Crippen MR) is 78.0 cm³/mol. The smallest absolute Gasteiger partial charge is 0.238 e. The predicted octanol–water partition coefficient (Wildman–Crippen LogP) is 0.608. The van der Waals surface area contributed by atoms with E-state index in [0.29, 0.717) is 17.5 Å². The van der Waals surface area contributed by atoms with Crippen molar-refractivity contribution in [1.29, 1.82) is 0 Å². The SMILES string of the molecule is O=C([O-])c1cccc(N2C(=O)[C@@H]3[C@@H]4C=C[C@@H]([C@@H]5C[C@H]45)[C@@H]3C2=O)c1. The molecule has 1 heterocycles. The number of carboxylic acids is 1. The van der Waals surface area contributed by atoms with Crippen LogP contribution in [0.1, 0.15) is 16.8 Å². The van der Waals surface area contributed by atoms with Gasteiger partial charge in [-0.1, -0.05) is 24.3 Å². The summed E-state index contributed by atoms with van der Waals surface area (Å²) in [7, 11) is 0. The molecule has 23 heavy (non-hydrogen) atoms. The zero-order valence-electron chi connectivity index (χ0n) is 12.2. The van der Waals surface area contributed by atoms with E-state index in [2.05, 4.69) is 12.2 Å². The number of hydrogen-bond donors (Lipinski definition) is 0. The quantitative estimate of drug-likeness (QED) is 0.592. The minimum atomic E-state index is -1.31. The molecular formula is C18H14NO4-. The highest BCUT2D eigenvalue weighted by molar-refractivity contribution is 6.22. The first kappa shape index (κ1) is 13.0. The Morgan fingerprint density at radius 3 is 2.22 bits per heavy atom. The highest BCUT2D eigenvalue weighted by Gasteiger charge is 2.67. The minimum absolute atomic E-state index is 0.0260. The summed E-state index contributed by atoms with van der Waals surface area (Å²) in [5, 5.41) is 11.0. The van der Waals surface area contributed by atoms with Crippen molar-refractivity contribution in [3.8, 4) is 0 Å². The Balaban J connectivity index is 1.57. The molecule has 0 aromatic heterocycles. The number of benzene rings is 1. The maximum absolute atomic E-state index is 12.9. The van der Waals surface area contributed by atoms with Gasteiger partial charge in [0.1, 0.15) is 0 Å². The minimum Gasteiger partial charge on any atom is -0.545 e. The van der Waals surface area contributed by atoms with Gasteiger partial charge in [-0.2, -0.15) is 0 Å². The maximum Gasteiger partial charge on any atom is 0.238 e. The Bertz CT molecular complexity index is 762. The second-order valence-electron chi connectivity index (χ2n) is 7.00. The van der Waals surface area contributed by atoms with Crippen molar-refractivity contribution in [2.24, 2.45) is 35.5 Å². The van der Waals surface area contributed by atoms with Gasteiger partial charge in [0.15, 0.2) is 0 Å². The van der Waals surface area contributed by atoms with Gasteiger partial charge in [-0.3, -0.25) is 9.59 Å². The Kier molecular flexibility index (Phi) is 2.33. The van der Waals surface area contributed by atoms with Gasteiger partial charge in [-0.25, -0.2) is 4.90 Å². The molecule has 1 saturated heterocycles. The van der Waals surface area contributed by atoms with E-state index < -0.39 is 5.97 Å². The third-order valence-corrected chi connectivity index (χ3v) is 6.00. The molecule has 1 aromatic carbocycles. The molecule has 5 aliphatic rings. The lowest BCUT2D eigenvalue weighted by atomic mass is 9.63. The van der Waals surface area contributed by atoms with Crippen molar-refractivity contribution in [3.05, 3.63) is 42.0 Å². The van der Waals surface area contributed by atoms with Crippen LogP contribution in [0.4, 0.5) is 5.69 Å². The van der Waals surface area contributed by atoms with Crippen molar-refractivity contribution in [2.45, 2.75) is 6.42 Å². The molecule has 116 valence electrons. The first-order chi connectivity index (χ1) is 11.1. The summed E-state index contributed by atoms with van der Waals surface area (Å²) in [6.07, 6.45) is 5.36. The molecule has 3 fully saturated rings. The monoisotopic (exact) mass is 308 g/mol. The fourth-order valence-corrected chi connectivity index (χ4v) is 4.98. The number of aromatic carboxylic acids is 1. The third-order valence-electron chi connectivity index (χ3n) is 6.00. The van der Waals surface area contributed by atoms with Crippen LogP contribution in [0.15, 0.2) is 36.4 Å². The van der Waals surface area contributed by atoms with Crippen LogP contribution in [0, 0.1) is 35.5 Å². The average molecular weight is 308 g/mol. The standard InChI is InChI=1S/C18H15NO4/c20-16-14-10-4-5-11(13-7-12(10)13)15(14)17(21)19(16)9-3-1-2-8(6-9)18(22)23/h1-6,10-15H,7H2,(H,22,23)/p-1/t10-,11+,12-,13+,14-,15+. The highest BCUT2D eigenvalue weighted by Crippen LogP contribution is 2.65. The van der Waals surface area contributed by atoms with E-state index in [1.165, 1.54) is 23.1 Å². The molecule has 4 aliphatic carbocycles. The van der Waals surface area contributed by atoms with Crippen molar-refractivity contribution >= 4 is 23.5 Å². The summed E-state index contributed by atoms with van der Waals surface area (Å²) < 4.78 is 0. The van der Waals surface area contributed by atoms with E-state index in [9.17, 15) is 19.5 Å². The van der Waals surface area contributed by atoms with Gasteiger partial charge in [0.25, 0.3) is 0 Å². The van der Waals surface area contributed by atoms with Gasteiger partial charge in [0.05, 0.1) is 23.5 Å². The van der Waals surface area contributed by atoms with Gasteiger partial charge in [0, 0.05) is 0 Å². The molecule has 2 amide bonds. The number of carbonyl (C=O) groups excluding carboxylic acids is 3. The Hall–Kier alpha value is -2.43. The number of amides is 2. The van der Waals surface area contributed by atoms with Gasteiger partial charge in [-0.15, -0.1) is 0 Å². The second kappa shape index (κ2) is 4.10. The molecule has 6 atom stereocenters. The van der Waals surface area contributed by atoms with Crippen molar-refractivity contribution in [1.82, 2.24) is 0 Å². The fraction of sp³-hybridized carbons (Fsp3) is 0.389. The van der Waals surface area contributed by atoms with E-state index in [-0.39, 0.29) is 41.0 Å². The number of allylic oxidation sites excluding steroid dienone is 2. The number of carbonyl (C=O) groups is 3. The summed E-state index contributed by atoms with van der Waals surface area (Å²) in [5.41, 5.74) is 0.311. The molecular weight excluding hydrogens is 294 g/mol. The first-order valence-corrected chi connectivity index (χ1v) is 7.95. The van der Waals surface area contributed by atoms with E-state index in [0.717, 1.165) is 6.42 Å².